The summed E-state index contributed by atoms with van der Waals surface area (Å²) in [5.74, 6) is 0.240. The van der Waals surface area contributed by atoms with Crippen LogP contribution in [0.1, 0.15) is 66.2 Å². The molecular weight excluding hydrogens is 262 g/mol. The average molecular weight is 297 g/mol. The van der Waals surface area contributed by atoms with Crippen molar-refractivity contribution in [2.24, 2.45) is 11.7 Å². The summed E-state index contributed by atoms with van der Waals surface area (Å²) in [5.41, 5.74) is 5.32. The van der Waals surface area contributed by atoms with Gasteiger partial charge in [-0.2, -0.15) is 0 Å². The maximum absolute atomic E-state index is 12.1. The zero-order valence-electron chi connectivity index (χ0n) is 14.5. The third-order valence-corrected chi connectivity index (χ3v) is 5.34. The molecule has 3 N–H and O–H groups in total. The lowest BCUT2D eigenvalue weighted by molar-refractivity contribution is -0.126. The Kier molecular flexibility index (Phi) is 7.67. The van der Waals surface area contributed by atoms with Crippen molar-refractivity contribution in [1.29, 1.82) is 0 Å². The van der Waals surface area contributed by atoms with Gasteiger partial charge >= 0.3 is 0 Å². The second-order valence-electron chi connectivity index (χ2n) is 6.53. The molecule has 1 amide bonds. The Balaban J connectivity index is 2.68. The zero-order chi connectivity index (χ0) is 15.9. The van der Waals surface area contributed by atoms with Crippen LogP contribution in [0.3, 0.4) is 0 Å². The van der Waals surface area contributed by atoms with Gasteiger partial charge in [0, 0.05) is 6.04 Å². The van der Waals surface area contributed by atoms with Gasteiger partial charge in [-0.15, -0.1) is 0 Å². The van der Waals surface area contributed by atoms with Crippen molar-refractivity contribution in [2.75, 3.05) is 19.6 Å². The number of primary amides is 1. The lowest BCUT2D eigenvalue weighted by Crippen LogP contribution is -2.58. The van der Waals surface area contributed by atoms with E-state index in [0.717, 1.165) is 51.7 Å². The maximum atomic E-state index is 12.1. The lowest BCUT2D eigenvalue weighted by atomic mass is 9.83. The van der Waals surface area contributed by atoms with E-state index in [4.69, 9.17) is 5.73 Å². The van der Waals surface area contributed by atoms with Crippen molar-refractivity contribution in [3.63, 3.8) is 0 Å². The Morgan fingerprint density at radius 1 is 1.43 bits per heavy atom. The summed E-state index contributed by atoms with van der Waals surface area (Å²) in [6.45, 7) is 11.9. The highest BCUT2D eigenvalue weighted by Crippen LogP contribution is 2.38. The van der Waals surface area contributed by atoms with E-state index < -0.39 is 5.54 Å². The molecule has 1 fully saturated rings. The van der Waals surface area contributed by atoms with Gasteiger partial charge in [-0.25, -0.2) is 0 Å². The van der Waals surface area contributed by atoms with E-state index in [2.05, 4.69) is 37.9 Å². The van der Waals surface area contributed by atoms with E-state index in [9.17, 15) is 4.79 Å². The van der Waals surface area contributed by atoms with Crippen LogP contribution in [0.2, 0.25) is 0 Å². The molecule has 4 heteroatoms. The molecule has 21 heavy (non-hydrogen) atoms. The zero-order valence-corrected chi connectivity index (χ0v) is 14.5. The summed E-state index contributed by atoms with van der Waals surface area (Å²) in [6, 6.07) is 0.614. The molecule has 1 aliphatic rings. The molecule has 0 spiro atoms. The molecule has 0 heterocycles. The maximum Gasteiger partial charge on any atom is 0.238 e. The van der Waals surface area contributed by atoms with E-state index in [1.807, 2.05) is 0 Å². The van der Waals surface area contributed by atoms with Crippen LogP contribution in [-0.2, 0) is 4.79 Å². The molecular formula is C17H35N3O. The average Bonchev–Trinajstić information content (AvgIpc) is 2.89. The van der Waals surface area contributed by atoms with Crippen LogP contribution in [0.15, 0.2) is 0 Å². The van der Waals surface area contributed by atoms with Crippen molar-refractivity contribution < 1.29 is 4.79 Å². The predicted octanol–water partition coefficient (Wildman–Crippen LogP) is 2.52. The summed E-state index contributed by atoms with van der Waals surface area (Å²) in [5, 5.41) is 3.49. The van der Waals surface area contributed by atoms with Gasteiger partial charge in [-0.05, 0) is 64.6 Å². The summed E-state index contributed by atoms with van der Waals surface area (Å²) < 4.78 is 0. The number of carbonyl (C=O) groups excluding carboxylic acids is 1. The Morgan fingerprint density at radius 2 is 2.14 bits per heavy atom. The Morgan fingerprint density at radius 3 is 2.67 bits per heavy atom. The first-order chi connectivity index (χ1) is 10.0. The van der Waals surface area contributed by atoms with Gasteiger partial charge < -0.3 is 16.0 Å². The van der Waals surface area contributed by atoms with Crippen molar-refractivity contribution in [3.05, 3.63) is 0 Å². The van der Waals surface area contributed by atoms with Crippen LogP contribution in [0, 0.1) is 5.92 Å². The minimum absolute atomic E-state index is 0.148. The van der Waals surface area contributed by atoms with Crippen LogP contribution in [0.5, 0.6) is 0 Å². The molecule has 0 aromatic heterocycles. The Labute approximate surface area is 130 Å². The number of hydrogen-bond acceptors (Lipinski definition) is 3. The van der Waals surface area contributed by atoms with Gasteiger partial charge in [-0.1, -0.05) is 27.2 Å². The second kappa shape index (κ2) is 8.74. The summed E-state index contributed by atoms with van der Waals surface area (Å²) >= 11 is 0. The Bertz CT molecular complexity index is 321. The molecule has 3 atom stereocenters. The summed E-state index contributed by atoms with van der Waals surface area (Å²) in [7, 11) is 0. The third-order valence-electron chi connectivity index (χ3n) is 5.34. The van der Waals surface area contributed by atoms with Gasteiger partial charge in [0.1, 0.15) is 5.54 Å². The van der Waals surface area contributed by atoms with Crippen LogP contribution in [-0.4, -0.2) is 42.0 Å². The van der Waals surface area contributed by atoms with Crippen LogP contribution in [0.25, 0.3) is 0 Å². The molecule has 0 bridgehead atoms. The van der Waals surface area contributed by atoms with E-state index in [1.54, 1.807) is 0 Å². The van der Waals surface area contributed by atoms with Gasteiger partial charge in [0.25, 0.3) is 0 Å². The summed E-state index contributed by atoms with van der Waals surface area (Å²) in [6.07, 6.45) is 6.42. The number of hydrogen-bond donors (Lipinski definition) is 2. The molecule has 0 saturated heterocycles. The molecule has 1 saturated carbocycles. The molecule has 1 rings (SSSR count). The topological polar surface area (TPSA) is 58.4 Å². The van der Waals surface area contributed by atoms with Crippen molar-refractivity contribution in [1.82, 2.24) is 10.2 Å². The van der Waals surface area contributed by atoms with Gasteiger partial charge in [-0.3, -0.25) is 4.79 Å². The SMILES string of the molecule is CCCNC1(C(N)=O)CCCC1CCN(CC)C(C)CC. The molecule has 0 aromatic carbocycles. The van der Waals surface area contributed by atoms with Crippen LogP contribution >= 0.6 is 0 Å². The third kappa shape index (κ3) is 4.43. The molecule has 1 aliphatic carbocycles. The number of nitrogens with zero attached hydrogens (tertiary/aromatic N) is 1. The smallest absolute Gasteiger partial charge is 0.238 e. The van der Waals surface area contributed by atoms with Gasteiger partial charge in [0.15, 0.2) is 0 Å². The monoisotopic (exact) mass is 297 g/mol. The van der Waals surface area contributed by atoms with Crippen molar-refractivity contribution in [2.45, 2.75) is 77.8 Å². The van der Waals surface area contributed by atoms with Gasteiger partial charge in [0.2, 0.25) is 5.91 Å². The highest BCUT2D eigenvalue weighted by atomic mass is 16.1. The number of rotatable bonds is 10. The standard InChI is InChI=1S/C17H35N3O/c1-5-12-19-17(16(18)21)11-8-9-15(17)10-13-20(7-3)14(4)6-2/h14-15,19H,5-13H2,1-4H3,(H2,18,21). The van der Waals surface area contributed by atoms with E-state index in [1.165, 1.54) is 6.42 Å². The van der Waals surface area contributed by atoms with Gasteiger partial charge in [0.05, 0.1) is 0 Å². The van der Waals surface area contributed by atoms with E-state index in [-0.39, 0.29) is 5.91 Å². The highest BCUT2D eigenvalue weighted by molar-refractivity contribution is 5.85. The van der Waals surface area contributed by atoms with E-state index >= 15 is 0 Å². The first-order valence-electron chi connectivity index (χ1n) is 8.80. The predicted molar refractivity (Wildman–Crippen MR) is 89.2 cm³/mol. The lowest BCUT2D eigenvalue weighted by Gasteiger charge is -2.36. The van der Waals surface area contributed by atoms with Crippen LogP contribution < -0.4 is 11.1 Å². The fourth-order valence-corrected chi connectivity index (χ4v) is 3.73. The number of nitrogens with two attached hydrogens (primary N) is 1. The van der Waals surface area contributed by atoms with Crippen molar-refractivity contribution in [3.8, 4) is 0 Å². The highest BCUT2D eigenvalue weighted by Gasteiger charge is 2.46. The molecule has 0 aromatic rings. The fraction of sp³-hybridized carbons (Fsp3) is 0.941. The fourth-order valence-electron chi connectivity index (χ4n) is 3.73. The molecule has 4 nitrogen and oxygen atoms in total. The minimum Gasteiger partial charge on any atom is -0.368 e. The molecule has 124 valence electrons. The van der Waals surface area contributed by atoms with Crippen molar-refractivity contribution >= 4 is 5.91 Å². The quantitative estimate of drug-likeness (QED) is 0.651. The first kappa shape index (κ1) is 18.4. The molecule has 0 aliphatic heterocycles. The second-order valence-corrected chi connectivity index (χ2v) is 6.53. The number of nitrogens with one attached hydrogen (secondary N) is 1. The first-order valence-corrected chi connectivity index (χ1v) is 8.80. The number of carbonyl (C=O) groups is 1. The molecule has 3 unspecified atom stereocenters. The summed E-state index contributed by atoms with van der Waals surface area (Å²) in [4.78, 5) is 14.6. The normalized spacial score (nSPS) is 27.2. The van der Waals surface area contributed by atoms with Crippen LogP contribution in [0.4, 0.5) is 0 Å². The Hall–Kier alpha value is -0.610. The minimum atomic E-state index is -0.453. The number of amides is 1. The molecule has 0 radical (unpaired) electrons. The largest absolute Gasteiger partial charge is 0.368 e. The van der Waals surface area contributed by atoms with E-state index in [0.29, 0.717) is 12.0 Å².